The van der Waals surface area contributed by atoms with E-state index in [1.54, 1.807) is 23.7 Å². The van der Waals surface area contributed by atoms with Crippen LogP contribution in [0.15, 0.2) is 95.9 Å². The van der Waals surface area contributed by atoms with Crippen molar-refractivity contribution >= 4 is 17.3 Å². The molecular formula is C35H39N5O2. The summed E-state index contributed by atoms with van der Waals surface area (Å²) in [6, 6.07) is 28.1. The molecule has 0 radical (unpaired) electrons. The van der Waals surface area contributed by atoms with Gasteiger partial charge in [0.05, 0.1) is 11.4 Å². The maximum Gasteiger partial charge on any atom is 0.255 e. The van der Waals surface area contributed by atoms with Gasteiger partial charge in [-0.2, -0.15) is 0 Å². The first-order valence-corrected chi connectivity index (χ1v) is 14.9. The third-order valence-electron chi connectivity index (χ3n) is 8.76. The average Bonchev–Trinajstić information content (AvgIpc) is 3.80. The van der Waals surface area contributed by atoms with Gasteiger partial charge in [0, 0.05) is 43.4 Å². The molecule has 7 heteroatoms. The van der Waals surface area contributed by atoms with Gasteiger partial charge >= 0.3 is 0 Å². The Morgan fingerprint density at radius 1 is 0.905 bits per heavy atom. The van der Waals surface area contributed by atoms with Crippen molar-refractivity contribution in [2.75, 3.05) is 30.7 Å². The third kappa shape index (κ3) is 6.64. The number of amides is 1. The van der Waals surface area contributed by atoms with Crippen LogP contribution in [0.2, 0.25) is 0 Å². The van der Waals surface area contributed by atoms with Gasteiger partial charge in [0.2, 0.25) is 5.56 Å². The molecule has 0 bridgehead atoms. The molecule has 1 amide bonds. The lowest BCUT2D eigenvalue weighted by Crippen LogP contribution is -2.37. The summed E-state index contributed by atoms with van der Waals surface area (Å²) >= 11 is 0. The highest BCUT2D eigenvalue weighted by molar-refractivity contribution is 6.05. The zero-order chi connectivity index (χ0) is 29.1. The van der Waals surface area contributed by atoms with Gasteiger partial charge < -0.3 is 20.9 Å². The lowest BCUT2D eigenvalue weighted by Gasteiger charge is -2.32. The summed E-state index contributed by atoms with van der Waals surface area (Å²) in [6.07, 6.45) is 5.51. The predicted octanol–water partition coefficient (Wildman–Crippen LogP) is 5.24. The van der Waals surface area contributed by atoms with Crippen LogP contribution in [0.1, 0.15) is 46.7 Å². The van der Waals surface area contributed by atoms with Crippen molar-refractivity contribution in [1.29, 1.82) is 0 Å². The highest BCUT2D eigenvalue weighted by Gasteiger charge is 2.38. The summed E-state index contributed by atoms with van der Waals surface area (Å²) in [6.45, 7) is 4.19. The molecule has 0 spiro atoms. The van der Waals surface area contributed by atoms with Crippen LogP contribution in [0.4, 0.5) is 11.4 Å². The summed E-state index contributed by atoms with van der Waals surface area (Å²) < 4.78 is 1.62. The number of carbonyl (C=O) groups is 1. The van der Waals surface area contributed by atoms with Crippen molar-refractivity contribution in [2.24, 2.45) is 13.0 Å². The molecule has 7 nitrogen and oxygen atoms in total. The number of aromatic nitrogens is 1. The van der Waals surface area contributed by atoms with Crippen molar-refractivity contribution in [2.45, 2.75) is 37.8 Å². The van der Waals surface area contributed by atoms with Gasteiger partial charge in [-0.05, 0) is 97.4 Å². The number of para-hydroxylation sites is 2. The van der Waals surface area contributed by atoms with E-state index in [1.807, 2.05) is 42.6 Å². The van der Waals surface area contributed by atoms with Gasteiger partial charge in [-0.3, -0.25) is 14.5 Å². The molecule has 2 unspecified atom stereocenters. The molecule has 3 aromatic carbocycles. The summed E-state index contributed by atoms with van der Waals surface area (Å²) in [5, 5.41) is 6.72. The Kier molecular flexibility index (Phi) is 8.22. The number of aryl methyl sites for hydroxylation is 1. The van der Waals surface area contributed by atoms with Crippen molar-refractivity contribution in [3.63, 3.8) is 0 Å². The van der Waals surface area contributed by atoms with Crippen LogP contribution >= 0.6 is 0 Å². The smallest absolute Gasteiger partial charge is 0.255 e. The molecule has 2 heterocycles. The molecule has 2 aliphatic rings. The molecule has 1 aliphatic carbocycles. The number of nitrogen functional groups attached to an aromatic ring is 1. The Hall–Kier alpha value is -4.20. The lowest BCUT2D eigenvalue weighted by atomic mass is 9.96. The second-order valence-electron chi connectivity index (χ2n) is 11.8. The van der Waals surface area contributed by atoms with Crippen LogP contribution in [0.3, 0.4) is 0 Å². The first-order chi connectivity index (χ1) is 20.4. The van der Waals surface area contributed by atoms with E-state index in [9.17, 15) is 9.59 Å². The second kappa shape index (κ2) is 12.3. The maximum atomic E-state index is 12.6. The number of likely N-dealkylation sites (tertiary alicyclic amines) is 1. The standard InChI is InChI=1S/C35H39N5O2/c1-39-23-29(14-15-34(39)41)26-10-12-27(13-11-26)30-20-33(30)37-21-24-16-18-40(19-17-24)22-25-6-8-28(9-7-25)35(42)38-32-5-3-2-4-31(32)36/h2-15,23-24,30,33,37H,16-22,36H2,1H3,(H,38,42). The maximum absolute atomic E-state index is 12.6. The highest BCUT2D eigenvalue weighted by atomic mass is 16.1. The highest BCUT2D eigenvalue weighted by Crippen LogP contribution is 2.41. The minimum atomic E-state index is -0.149. The molecule has 1 saturated carbocycles. The van der Waals surface area contributed by atoms with E-state index in [-0.39, 0.29) is 11.5 Å². The van der Waals surface area contributed by atoms with Crippen LogP contribution in [-0.2, 0) is 13.6 Å². The molecule has 4 N–H and O–H groups in total. The fourth-order valence-corrected chi connectivity index (χ4v) is 5.97. The number of nitrogens with two attached hydrogens (primary N) is 1. The quantitative estimate of drug-likeness (QED) is 0.243. The van der Waals surface area contributed by atoms with Crippen LogP contribution in [0, 0.1) is 5.92 Å². The number of hydrogen-bond donors (Lipinski definition) is 3. The molecule has 6 rings (SSSR count). The summed E-state index contributed by atoms with van der Waals surface area (Å²) in [7, 11) is 1.79. The second-order valence-corrected chi connectivity index (χ2v) is 11.8. The van der Waals surface area contributed by atoms with Crippen molar-refractivity contribution in [3.8, 4) is 11.1 Å². The molecule has 2 fully saturated rings. The summed E-state index contributed by atoms with van der Waals surface area (Å²) in [5.41, 5.74) is 12.6. The number of benzene rings is 3. The van der Waals surface area contributed by atoms with Gasteiger partial charge in [-0.25, -0.2) is 0 Å². The SMILES string of the molecule is Cn1cc(-c2ccc(C3CC3NCC3CCN(Cc4ccc(C(=O)Nc5ccccc5N)cc4)CC3)cc2)ccc1=O. The summed E-state index contributed by atoms with van der Waals surface area (Å²) in [5.74, 6) is 1.16. The molecule has 42 heavy (non-hydrogen) atoms. The van der Waals surface area contributed by atoms with Crippen molar-refractivity contribution in [3.05, 3.63) is 118 Å². The minimum absolute atomic E-state index is 0.0106. The van der Waals surface area contributed by atoms with E-state index < -0.39 is 0 Å². The Balaban J connectivity index is 0.917. The van der Waals surface area contributed by atoms with E-state index in [0.717, 1.165) is 37.3 Å². The molecular weight excluding hydrogens is 522 g/mol. The van der Waals surface area contributed by atoms with Crippen molar-refractivity contribution in [1.82, 2.24) is 14.8 Å². The van der Waals surface area contributed by atoms with Gasteiger partial charge in [0.1, 0.15) is 0 Å². The number of nitrogens with zero attached hydrogens (tertiary/aromatic N) is 2. The fourth-order valence-electron chi connectivity index (χ4n) is 5.97. The lowest BCUT2D eigenvalue weighted by molar-refractivity contribution is 0.102. The van der Waals surface area contributed by atoms with E-state index >= 15 is 0 Å². The Morgan fingerprint density at radius 2 is 1.62 bits per heavy atom. The fraction of sp³-hybridized carbons (Fsp3) is 0.314. The first-order valence-electron chi connectivity index (χ1n) is 14.9. The van der Waals surface area contributed by atoms with Gasteiger partial charge in [-0.15, -0.1) is 0 Å². The molecule has 1 aliphatic heterocycles. The zero-order valence-corrected chi connectivity index (χ0v) is 24.1. The number of pyridine rings is 1. The van der Waals surface area contributed by atoms with E-state index in [0.29, 0.717) is 34.8 Å². The van der Waals surface area contributed by atoms with E-state index in [4.69, 9.17) is 5.73 Å². The zero-order valence-electron chi connectivity index (χ0n) is 24.1. The molecule has 1 saturated heterocycles. The first kappa shape index (κ1) is 27.9. The largest absolute Gasteiger partial charge is 0.397 e. The van der Waals surface area contributed by atoms with Crippen LogP contribution in [-0.4, -0.2) is 41.1 Å². The molecule has 2 atom stereocenters. The van der Waals surface area contributed by atoms with Gasteiger partial charge in [0.25, 0.3) is 5.91 Å². The third-order valence-corrected chi connectivity index (χ3v) is 8.76. The van der Waals surface area contributed by atoms with Gasteiger partial charge in [-0.1, -0.05) is 48.5 Å². The van der Waals surface area contributed by atoms with Crippen molar-refractivity contribution < 1.29 is 4.79 Å². The Labute approximate surface area is 247 Å². The molecule has 4 aromatic rings. The van der Waals surface area contributed by atoms with E-state index in [1.165, 1.54) is 30.4 Å². The minimum Gasteiger partial charge on any atom is -0.397 e. The Morgan fingerprint density at radius 3 is 2.33 bits per heavy atom. The topological polar surface area (TPSA) is 92.4 Å². The predicted molar refractivity (Wildman–Crippen MR) is 170 cm³/mol. The normalized spacial score (nSPS) is 19.0. The Bertz CT molecular complexity index is 1590. The monoisotopic (exact) mass is 561 g/mol. The van der Waals surface area contributed by atoms with Crippen LogP contribution < -0.4 is 21.9 Å². The average molecular weight is 562 g/mol. The summed E-state index contributed by atoms with van der Waals surface area (Å²) in [4.78, 5) is 26.8. The van der Waals surface area contributed by atoms with E-state index in [2.05, 4.69) is 51.9 Å². The molecule has 1 aromatic heterocycles. The number of nitrogens with one attached hydrogen (secondary N) is 2. The molecule has 216 valence electrons. The number of piperidine rings is 1. The van der Waals surface area contributed by atoms with Crippen LogP contribution in [0.5, 0.6) is 0 Å². The van der Waals surface area contributed by atoms with Crippen LogP contribution in [0.25, 0.3) is 11.1 Å². The number of hydrogen-bond acceptors (Lipinski definition) is 5. The van der Waals surface area contributed by atoms with Gasteiger partial charge in [0.15, 0.2) is 0 Å². The number of anilines is 2. The number of rotatable bonds is 9. The number of carbonyl (C=O) groups excluding carboxylic acids is 1.